The van der Waals surface area contributed by atoms with Crippen LogP contribution in [0.3, 0.4) is 0 Å². The van der Waals surface area contributed by atoms with Gasteiger partial charge in [0.2, 0.25) is 0 Å². The molecule has 0 amide bonds. The molecule has 1 aromatic heterocycles. The number of nitrogens with two attached hydrogens (primary N) is 1. The van der Waals surface area contributed by atoms with Gasteiger partial charge < -0.3 is 5.73 Å². The molecule has 1 atom stereocenters. The van der Waals surface area contributed by atoms with Gasteiger partial charge in [0.05, 0.1) is 6.04 Å². The number of rotatable bonds is 3. The van der Waals surface area contributed by atoms with Crippen LogP contribution in [0.25, 0.3) is 0 Å². The van der Waals surface area contributed by atoms with Crippen molar-refractivity contribution in [3.05, 3.63) is 34.0 Å². The van der Waals surface area contributed by atoms with Crippen molar-refractivity contribution in [3.63, 3.8) is 0 Å². The third-order valence-corrected chi connectivity index (χ3v) is 3.84. The summed E-state index contributed by atoms with van der Waals surface area (Å²) in [6, 6.07) is 2.58. The van der Waals surface area contributed by atoms with E-state index in [2.05, 4.69) is 35.4 Å². The minimum atomic E-state index is 0.407. The lowest BCUT2D eigenvalue weighted by molar-refractivity contribution is 0.265. The fourth-order valence-electron chi connectivity index (χ4n) is 1.90. The van der Waals surface area contributed by atoms with Crippen LogP contribution in [0.1, 0.15) is 16.5 Å². The van der Waals surface area contributed by atoms with Crippen LogP contribution in [0.2, 0.25) is 0 Å². The van der Waals surface area contributed by atoms with E-state index in [4.69, 9.17) is 5.73 Å². The van der Waals surface area contributed by atoms with E-state index in [-0.39, 0.29) is 0 Å². The molecule has 0 radical (unpaired) electrons. The van der Waals surface area contributed by atoms with Crippen molar-refractivity contribution in [1.29, 1.82) is 0 Å². The topological polar surface area (TPSA) is 29.3 Å². The quantitative estimate of drug-likeness (QED) is 0.769. The molecule has 1 aliphatic heterocycles. The van der Waals surface area contributed by atoms with Crippen LogP contribution >= 0.6 is 11.3 Å². The molecule has 0 aliphatic carbocycles. The summed E-state index contributed by atoms with van der Waals surface area (Å²) in [5.41, 5.74) is 7.22. The van der Waals surface area contributed by atoms with E-state index in [1.165, 1.54) is 10.4 Å². The highest BCUT2D eigenvalue weighted by molar-refractivity contribution is 7.10. The molecule has 0 saturated heterocycles. The zero-order chi connectivity index (χ0) is 9.97. The molecule has 0 saturated carbocycles. The third-order valence-electron chi connectivity index (χ3n) is 2.71. The monoisotopic (exact) mass is 208 g/mol. The van der Waals surface area contributed by atoms with Crippen molar-refractivity contribution in [1.82, 2.24) is 4.90 Å². The van der Waals surface area contributed by atoms with Gasteiger partial charge in [-0.25, -0.2) is 0 Å². The van der Waals surface area contributed by atoms with Crippen LogP contribution in [-0.4, -0.2) is 24.5 Å². The van der Waals surface area contributed by atoms with E-state index >= 15 is 0 Å². The first-order chi connectivity index (χ1) is 6.83. The van der Waals surface area contributed by atoms with Crippen LogP contribution in [0, 0.1) is 6.92 Å². The molecular weight excluding hydrogens is 192 g/mol. The largest absolute Gasteiger partial charge is 0.329 e. The van der Waals surface area contributed by atoms with E-state index in [0.29, 0.717) is 12.6 Å². The molecule has 0 bridgehead atoms. The van der Waals surface area contributed by atoms with Crippen molar-refractivity contribution in [2.24, 2.45) is 5.73 Å². The van der Waals surface area contributed by atoms with Gasteiger partial charge in [0.25, 0.3) is 0 Å². The molecule has 1 aromatic rings. The van der Waals surface area contributed by atoms with Gasteiger partial charge in [-0.1, -0.05) is 12.2 Å². The molecular formula is C11H16N2S. The summed E-state index contributed by atoms with van der Waals surface area (Å²) in [6.45, 7) is 4.96. The predicted octanol–water partition coefficient (Wildman–Crippen LogP) is 1.93. The third kappa shape index (κ3) is 1.75. The number of nitrogens with zero attached hydrogens (tertiary/aromatic N) is 1. The maximum atomic E-state index is 5.85. The van der Waals surface area contributed by atoms with Crippen molar-refractivity contribution in [3.8, 4) is 0 Å². The molecule has 1 unspecified atom stereocenters. The Hall–Kier alpha value is -0.640. The van der Waals surface area contributed by atoms with Gasteiger partial charge in [0.15, 0.2) is 0 Å². The number of hydrogen-bond donors (Lipinski definition) is 1. The van der Waals surface area contributed by atoms with E-state index in [1.807, 2.05) is 11.3 Å². The van der Waals surface area contributed by atoms with Gasteiger partial charge >= 0.3 is 0 Å². The SMILES string of the molecule is Cc1ccsc1C(CN)N1CC=CC1. The average molecular weight is 208 g/mol. The maximum Gasteiger partial charge on any atom is 0.0572 e. The van der Waals surface area contributed by atoms with Crippen LogP contribution < -0.4 is 5.73 Å². The number of hydrogen-bond acceptors (Lipinski definition) is 3. The van der Waals surface area contributed by atoms with Crippen molar-refractivity contribution >= 4 is 11.3 Å². The molecule has 0 fully saturated rings. The van der Waals surface area contributed by atoms with Gasteiger partial charge in [-0.05, 0) is 23.9 Å². The van der Waals surface area contributed by atoms with Gasteiger partial charge in [0, 0.05) is 24.5 Å². The Labute approximate surface area is 89.0 Å². The second kappa shape index (κ2) is 4.26. The summed E-state index contributed by atoms with van der Waals surface area (Å²) < 4.78 is 0. The molecule has 2 N–H and O–H groups in total. The summed E-state index contributed by atoms with van der Waals surface area (Å²) in [5.74, 6) is 0. The first kappa shape index (κ1) is 9.90. The summed E-state index contributed by atoms with van der Waals surface area (Å²) in [4.78, 5) is 3.84. The van der Waals surface area contributed by atoms with E-state index < -0.39 is 0 Å². The van der Waals surface area contributed by atoms with Crippen LogP contribution in [0.4, 0.5) is 0 Å². The highest BCUT2D eigenvalue weighted by Crippen LogP contribution is 2.28. The molecule has 0 aromatic carbocycles. The van der Waals surface area contributed by atoms with Gasteiger partial charge in [-0.15, -0.1) is 11.3 Å². The molecule has 3 heteroatoms. The first-order valence-electron chi connectivity index (χ1n) is 4.96. The summed E-state index contributed by atoms with van der Waals surface area (Å²) in [6.07, 6.45) is 4.43. The Kier molecular flexibility index (Phi) is 3.01. The lowest BCUT2D eigenvalue weighted by atomic mass is 10.1. The highest BCUT2D eigenvalue weighted by atomic mass is 32.1. The summed E-state index contributed by atoms with van der Waals surface area (Å²) >= 11 is 1.82. The van der Waals surface area contributed by atoms with E-state index in [1.54, 1.807) is 0 Å². The molecule has 14 heavy (non-hydrogen) atoms. The second-order valence-corrected chi connectivity index (χ2v) is 4.59. The molecule has 0 spiro atoms. The minimum absolute atomic E-state index is 0.407. The minimum Gasteiger partial charge on any atom is -0.329 e. The zero-order valence-electron chi connectivity index (χ0n) is 8.44. The van der Waals surface area contributed by atoms with Gasteiger partial charge in [-0.2, -0.15) is 0 Å². The standard InChI is InChI=1S/C11H16N2S/c1-9-4-7-14-11(9)10(8-12)13-5-2-3-6-13/h2-4,7,10H,5-6,8,12H2,1H3. The smallest absolute Gasteiger partial charge is 0.0572 e. The predicted molar refractivity (Wildman–Crippen MR) is 61.6 cm³/mol. The number of aryl methyl sites for hydroxylation is 1. The summed E-state index contributed by atoms with van der Waals surface area (Å²) in [7, 11) is 0. The van der Waals surface area contributed by atoms with Crippen LogP contribution in [0.15, 0.2) is 23.6 Å². The normalized spacial score (nSPS) is 19.0. The average Bonchev–Trinajstić information content (AvgIpc) is 2.80. The molecule has 76 valence electrons. The zero-order valence-corrected chi connectivity index (χ0v) is 9.26. The number of thiophene rings is 1. The molecule has 2 nitrogen and oxygen atoms in total. The van der Waals surface area contributed by atoms with Crippen LogP contribution in [0.5, 0.6) is 0 Å². The van der Waals surface area contributed by atoms with Crippen molar-refractivity contribution in [2.75, 3.05) is 19.6 Å². The van der Waals surface area contributed by atoms with Gasteiger partial charge in [-0.3, -0.25) is 4.90 Å². The lowest BCUT2D eigenvalue weighted by Crippen LogP contribution is -2.31. The Morgan fingerprint density at radius 3 is 2.71 bits per heavy atom. The van der Waals surface area contributed by atoms with E-state index in [0.717, 1.165) is 13.1 Å². The van der Waals surface area contributed by atoms with Crippen molar-refractivity contribution < 1.29 is 0 Å². The van der Waals surface area contributed by atoms with Crippen molar-refractivity contribution in [2.45, 2.75) is 13.0 Å². The fraction of sp³-hybridized carbons (Fsp3) is 0.455. The summed E-state index contributed by atoms with van der Waals surface area (Å²) in [5, 5.41) is 2.15. The Balaban J connectivity index is 2.17. The lowest BCUT2D eigenvalue weighted by Gasteiger charge is -2.25. The van der Waals surface area contributed by atoms with E-state index in [9.17, 15) is 0 Å². The molecule has 1 aliphatic rings. The molecule has 2 rings (SSSR count). The fourth-order valence-corrected chi connectivity index (χ4v) is 2.97. The van der Waals surface area contributed by atoms with Gasteiger partial charge in [0.1, 0.15) is 0 Å². The first-order valence-corrected chi connectivity index (χ1v) is 5.84. The molecule has 2 heterocycles. The Bertz CT molecular complexity index is 322. The highest BCUT2D eigenvalue weighted by Gasteiger charge is 2.21. The Morgan fingerprint density at radius 1 is 1.50 bits per heavy atom. The van der Waals surface area contributed by atoms with Crippen LogP contribution in [-0.2, 0) is 0 Å². The second-order valence-electron chi connectivity index (χ2n) is 3.64. The maximum absolute atomic E-state index is 5.85. The Morgan fingerprint density at radius 2 is 2.21 bits per heavy atom.